The zero-order valence-electron chi connectivity index (χ0n) is 10.6. The highest BCUT2D eigenvalue weighted by Gasteiger charge is 2.21. The van der Waals surface area contributed by atoms with Crippen LogP contribution >= 0.6 is 11.6 Å². The lowest BCUT2D eigenvalue weighted by atomic mass is 10.1. The molecule has 0 aliphatic heterocycles. The van der Waals surface area contributed by atoms with Crippen molar-refractivity contribution in [2.75, 3.05) is 5.32 Å². The van der Waals surface area contributed by atoms with Crippen molar-refractivity contribution < 1.29 is 29.0 Å². The van der Waals surface area contributed by atoms with Crippen molar-refractivity contribution in [3.05, 3.63) is 29.0 Å². The quantitative estimate of drug-likeness (QED) is 0.639. The Labute approximate surface area is 123 Å². The van der Waals surface area contributed by atoms with Gasteiger partial charge < -0.3 is 20.8 Å². The lowest BCUT2D eigenvalue weighted by Gasteiger charge is -2.14. The lowest BCUT2D eigenvalue weighted by Crippen LogP contribution is -2.43. The number of carboxylic acid groups (broad SMARTS) is 2. The first kappa shape index (κ1) is 16.7. The van der Waals surface area contributed by atoms with Crippen molar-refractivity contribution in [2.45, 2.75) is 18.9 Å². The largest absolute Gasteiger partial charge is 0.481 e. The normalized spacial score (nSPS) is 11.5. The number of rotatable bonds is 6. The number of hydrogen-bond acceptors (Lipinski definition) is 3. The summed E-state index contributed by atoms with van der Waals surface area (Å²) in [6.45, 7) is 0. The lowest BCUT2D eigenvalue weighted by molar-refractivity contribution is -0.140. The van der Waals surface area contributed by atoms with Gasteiger partial charge in [0.05, 0.1) is 10.7 Å². The fourth-order valence-corrected chi connectivity index (χ4v) is 1.62. The molecule has 0 saturated carbocycles. The average Bonchev–Trinajstić information content (AvgIpc) is 2.39. The fourth-order valence-electron chi connectivity index (χ4n) is 1.44. The first-order valence-corrected chi connectivity index (χ1v) is 6.15. The number of nitrogens with one attached hydrogen (secondary N) is 2. The topological polar surface area (TPSA) is 116 Å². The zero-order chi connectivity index (χ0) is 16.0. The van der Waals surface area contributed by atoms with Gasteiger partial charge in [0.25, 0.3) is 0 Å². The predicted octanol–water partition coefficient (Wildman–Crippen LogP) is 1.92. The molecule has 0 aliphatic carbocycles. The summed E-state index contributed by atoms with van der Waals surface area (Å²) in [5.74, 6) is -3.44. The molecule has 1 rings (SSSR count). The van der Waals surface area contributed by atoms with E-state index < -0.39 is 36.2 Å². The second-order valence-corrected chi connectivity index (χ2v) is 4.43. The summed E-state index contributed by atoms with van der Waals surface area (Å²) in [6.07, 6.45) is -0.723. The maximum absolute atomic E-state index is 13.5. The molecule has 0 spiro atoms. The third kappa shape index (κ3) is 5.27. The van der Waals surface area contributed by atoms with Gasteiger partial charge in [0.15, 0.2) is 5.82 Å². The number of carboxylic acids is 2. The van der Waals surface area contributed by atoms with Crippen molar-refractivity contribution in [2.24, 2.45) is 0 Å². The van der Waals surface area contributed by atoms with Gasteiger partial charge in [-0.1, -0.05) is 17.7 Å². The molecular weight excluding hydrogens is 307 g/mol. The Bertz CT molecular complexity index is 567. The number of carbonyl (C=O) groups excluding carboxylic acids is 1. The molecule has 0 fully saturated rings. The molecule has 1 aromatic rings. The number of amides is 2. The Morgan fingerprint density at radius 3 is 2.52 bits per heavy atom. The highest BCUT2D eigenvalue weighted by molar-refractivity contribution is 6.31. The van der Waals surface area contributed by atoms with E-state index in [1.807, 2.05) is 5.32 Å². The van der Waals surface area contributed by atoms with E-state index in [0.29, 0.717) is 0 Å². The molecule has 1 unspecified atom stereocenters. The van der Waals surface area contributed by atoms with Crippen LogP contribution in [0, 0.1) is 5.82 Å². The first-order chi connectivity index (χ1) is 9.81. The Balaban J connectivity index is 2.67. The van der Waals surface area contributed by atoms with Gasteiger partial charge in [0.1, 0.15) is 6.04 Å². The van der Waals surface area contributed by atoms with E-state index in [0.717, 1.165) is 0 Å². The van der Waals surface area contributed by atoms with Gasteiger partial charge in [-0.25, -0.2) is 14.0 Å². The summed E-state index contributed by atoms with van der Waals surface area (Å²) in [6, 6.07) is 1.55. The Morgan fingerprint density at radius 2 is 1.95 bits per heavy atom. The van der Waals surface area contributed by atoms with Crippen molar-refractivity contribution >= 4 is 35.3 Å². The SMILES string of the molecule is O=C(O)CCC(NC(=O)Nc1cccc(Cl)c1F)C(=O)O. The van der Waals surface area contributed by atoms with Gasteiger partial charge >= 0.3 is 18.0 Å². The van der Waals surface area contributed by atoms with E-state index in [4.69, 9.17) is 21.8 Å². The molecular formula is C12H12ClFN2O5. The van der Waals surface area contributed by atoms with E-state index >= 15 is 0 Å². The molecule has 1 aromatic carbocycles. The second-order valence-electron chi connectivity index (χ2n) is 4.02. The molecule has 2 amide bonds. The van der Waals surface area contributed by atoms with Crippen LogP contribution in [-0.2, 0) is 9.59 Å². The molecule has 0 heterocycles. The van der Waals surface area contributed by atoms with Crippen molar-refractivity contribution in [3.8, 4) is 0 Å². The van der Waals surface area contributed by atoms with Gasteiger partial charge in [-0.3, -0.25) is 4.79 Å². The fraction of sp³-hybridized carbons (Fsp3) is 0.250. The minimum atomic E-state index is -1.40. The minimum absolute atomic E-state index is 0.200. The summed E-state index contributed by atoms with van der Waals surface area (Å²) in [4.78, 5) is 32.9. The second kappa shape index (κ2) is 7.44. The summed E-state index contributed by atoms with van der Waals surface area (Å²) in [5.41, 5.74) is -0.220. The van der Waals surface area contributed by atoms with E-state index in [2.05, 4.69) is 5.32 Å². The molecule has 21 heavy (non-hydrogen) atoms. The van der Waals surface area contributed by atoms with Crippen molar-refractivity contribution in [1.29, 1.82) is 0 Å². The first-order valence-electron chi connectivity index (χ1n) is 5.77. The van der Waals surface area contributed by atoms with Gasteiger partial charge in [0.2, 0.25) is 0 Å². The highest BCUT2D eigenvalue weighted by Crippen LogP contribution is 2.21. The molecule has 114 valence electrons. The molecule has 0 saturated heterocycles. The van der Waals surface area contributed by atoms with E-state index in [1.165, 1.54) is 18.2 Å². The average molecular weight is 319 g/mol. The maximum atomic E-state index is 13.5. The molecule has 1 atom stereocenters. The molecule has 0 aliphatic rings. The van der Waals surface area contributed by atoms with Crippen LogP contribution in [0.25, 0.3) is 0 Å². The smallest absolute Gasteiger partial charge is 0.326 e. The van der Waals surface area contributed by atoms with Crippen LogP contribution in [0.3, 0.4) is 0 Å². The number of halogens is 2. The van der Waals surface area contributed by atoms with Gasteiger partial charge in [-0.2, -0.15) is 0 Å². The van der Waals surface area contributed by atoms with Crippen LogP contribution in [0.5, 0.6) is 0 Å². The van der Waals surface area contributed by atoms with Gasteiger partial charge in [-0.05, 0) is 18.6 Å². The third-order valence-corrected chi connectivity index (χ3v) is 2.74. The summed E-state index contributed by atoms with van der Waals surface area (Å²) in [5, 5.41) is 21.3. The molecule has 0 aromatic heterocycles. The van der Waals surface area contributed by atoms with Crippen molar-refractivity contribution in [3.63, 3.8) is 0 Å². The predicted molar refractivity (Wildman–Crippen MR) is 71.9 cm³/mol. The van der Waals surface area contributed by atoms with Crippen LogP contribution in [0.4, 0.5) is 14.9 Å². The molecule has 0 bridgehead atoms. The minimum Gasteiger partial charge on any atom is -0.481 e. The molecule has 4 N–H and O–H groups in total. The van der Waals surface area contributed by atoms with Gasteiger partial charge in [-0.15, -0.1) is 0 Å². The monoisotopic (exact) mass is 318 g/mol. The summed E-state index contributed by atoms with van der Waals surface area (Å²) < 4.78 is 13.5. The highest BCUT2D eigenvalue weighted by atomic mass is 35.5. The molecule has 0 radical (unpaired) electrons. The standard InChI is InChI=1S/C12H12ClFN2O5/c13-6-2-1-3-7(10(6)14)15-12(21)16-8(11(19)20)4-5-9(17)18/h1-3,8H,4-5H2,(H,17,18)(H,19,20)(H2,15,16,21). The third-order valence-electron chi connectivity index (χ3n) is 2.45. The van der Waals surface area contributed by atoms with E-state index in [-0.39, 0.29) is 17.1 Å². The number of hydrogen-bond donors (Lipinski definition) is 4. The van der Waals surface area contributed by atoms with Crippen LogP contribution < -0.4 is 10.6 Å². The number of anilines is 1. The van der Waals surface area contributed by atoms with Gasteiger partial charge in [0, 0.05) is 6.42 Å². The number of carbonyl (C=O) groups is 3. The van der Waals surface area contributed by atoms with E-state index in [1.54, 1.807) is 0 Å². The Morgan fingerprint density at radius 1 is 1.29 bits per heavy atom. The van der Waals surface area contributed by atoms with Crippen LogP contribution in [0.15, 0.2) is 18.2 Å². The summed E-state index contributed by atoms with van der Waals surface area (Å²) in [7, 11) is 0. The summed E-state index contributed by atoms with van der Waals surface area (Å²) >= 11 is 5.53. The number of benzene rings is 1. The molecule has 9 heteroatoms. The van der Waals surface area contributed by atoms with E-state index in [9.17, 15) is 18.8 Å². The van der Waals surface area contributed by atoms with Crippen LogP contribution in [-0.4, -0.2) is 34.2 Å². The maximum Gasteiger partial charge on any atom is 0.326 e. The molecule has 7 nitrogen and oxygen atoms in total. The number of urea groups is 1. The van der Waals surface area contributed by atoms with Crippen molar-refractivity contribution in [1.82, 2.24) is 5.32 Å². The number of aliphatic carboxylic acids is 2. The van der Waals surface area contributed by atoms with Crippen LogP contribution in [0.2, 0.25) is 5.02 Å². The Kier molecular flexibility index (Phi) is 5.92. The van der Waals surface area contributed by atoms with Crippen LogP contribution in [0.1, 0.15) is 12.8 Å². The Hall–Kier alpha value is -2.35. The zero-order valence-corrected chi connectivity index (χ0v) is 11.4.